The highest BCUT2D eigenvalue weighted by Crippen LogP contribution is 2.38. The average Bonchev–Trinajstić information content (AvgIpc) is 2.90. The lowest BCUT2D eigenvalue weighted by atomic mass is 10.0. The molecule has 0 aromatic heterocycles. The van der Waals surface area contributed by atoms with Gasteiger partial charge in [-0.2, -0.15) is 0 Å². The maximum absolute atomic E-state index is 11.6. The van der Waals surface area contributed by atoms with Crippen LogP contribution in [0.4, 0.5) is 5.69 Å². The zero-order valence-electron chi connectivity index (χ0n) is 14.2. The molecule has 24 heavy (non-hydrogen) atoms. The van der Waals surface area contributed by atoms with Gasteiger partial charge in [-0.05, 0) is 43.7 Å². The van der Waals surface area contributed by atoms with Crippen molar-refractivity contribution >= 4 is 22.6 Å². The van der Waals surface area contributed by atoms with E-state index in [0.717, 1.165) is 24.3 Å². The molecule has 0 radical (unpaired) electrons. The highest BCUT2D eigenvalue weighted by Gasteiger charge is 2.53. The topological polar surface area (TPSA) is 26.5 Å². The molecule has 0 spiro atoms. The molecule has 4 rings (SSSR count). The number of para-hydroxylation sites is 1. The number of amidine groups is 1. The van der Waals surface area contributed by atoms with Gasteiger partial charge in [0.15, 0.2) is 6.54 Å². The highest BCUT2D eigenvalue weighted by atomic mass is 32.2. The van der Waals surface area contributed by atoms with Crippen molar-refractivity contribution < 1.29 is 9.68 Å². The summed E-state index contributed by atoms with van der Waals surface area (Å²) in [6.45, 7) is 5.69. The lowest BCUT2D eigenvalue weighted by molar-refractivity contribution is -0.656. The van der Waals surface area contributed by atoms with Crippen LogP contribution in [0.25, 0.3) is 0 Å². The van der Waals surface area contributed by atoms with E-state index in [1.165, 1.54) is 22.0 Å². The van der Waals surface area contributed by atoms with Crippen LogP contribution in [0.2, 0.25) is 0 Å². The molecule has 0 saturated heterocycles. The van der Waals surface area contributed by atoms with Crippen LogP contribution in [0.15, 0.2) is 48.5 Å². The van der Waals surface area contributed by atoms with Gasteiger partial charge >= 0.3 is 5.17 Å². The minimum absolute atomic E-state index is 0.573. The van der Waals surface area contributed by atoms with Crippen LogP contribution in [0.3, 0.4) is 0 Å². The Bertz CT molecular complexity index is 800. The van der Waals surface area contributed by atoms with E-state index in [1.807, 2.05) is 11.8 Å². The van der Waals surface area contributed by atoms with Crippen molar-refractivity contribution in [1.82, 2.24) is 0 Å². The van der Waals surface area contributed by atoms with E-state index < -0.39 is 5.72 Å². The predicted molar refractivity (Wildman–Crippen MR) is 101 cm³/mol. The SMILES string of the molecule is Cc1ccc([C@]2(O)CN(c3ccccc3C)C3=[N+]2CCCS3)cc1. The number of β-amino-alcohol motifs (C(OH)–C–C–N with tert-alkyl or cyclic N) is 1. The third kappa shape index (κ3) is 2.45. The molecule has 0 saturated carbocycles. The van der Waals surface area contributed by atoms with Crippen molar-refractivity contribution in [1.29, 1.82) is 0 Å². The standard InChI is InChI=1S/C20H23N2OS/c1-15-8-10-17(11-9-15)20(23)14-21(18-7-4-3-6-16(18)2)19-22(20)12-5-13-24-19/h3-4,6-11,23H,5,12-14H2,1-2H3/q+1/t20-/m1/s1. The van der Waals surface area contributed by atoms with Crippen LogP contribution >= 0.6 is 11.8 Å². The number of aryl methyl sites for hydroxylation is 2. The zero-order valence-corrected chi connectivity index (χ0v) is 15.0. The number of aliphatic hydroxyl groups is 1. The van der Waals surface area contributed by atoms with Crippen LogP contribution in [-0.2, 0) is 5.72 Å². The van der Waals surface area contributed by atoms with E-state index in [2.05, 4.69) is 71.9 Å². The summed E-state index contributed by atoms with van der Waals surface area (Å²) in [6.07, 6.45) is 1.10. The first kappa shape index (κ1) is 15.7. The third-order valence-electron chi connectivity index (χ3n) is 4.96. The lowest BCUT2D eigenvalue weighted by Crippen LogP contribution is -2.41. The molecule has 0 aliphatic carbocycles. The maximum atomic E-state index is 11.6. The molecule has 1 N–H and O–H groups in total. The van der Waals surface area contributed by atoms with Crippen molar-refractivity contribution in [2.75, 3.05) is 23.7 Å². The number of anilines is 1. The largest absolute Gasteiger partial charge is 0.346 e. The molecule has 2 aromatic rings. The molecular weight excluding hydrogens is 316 g/mol. The fraction of sp³-hybridized carbons (Fsp3) is 0.350. The van der Waals surface area contributed by atoms with Crippen molar-refractivity contribution in [2.45, 2.75) is 26.0 Å². The molecule has 2 heterocycles. The lowest BCUT2D eigenvalue weighted by Gasteiger charge is -2.24. The van der Waals surface area contributed by atoms with Gasteiger partial charge in [-0.25, -0.2) is 9.48 Å². The second kappa shape index (κ2) is 5.94. The van der Waals surface area contributed by atoms with E-state index >= 15 is 0 Å². The Morgan fingerprint density at radius 1 is 1.08 bits per heavy atom. The van der Waals surface area contributed by atoms with Gasteiger partial charge in [0.05, 0.1) is 6.54 Å². The summed E-state index contributed by atoms with van der Waals surface area (Å²) >= 11 is 1.85. The minimum atomic E-state index is -0.960. The van der Waals surface area contributed by atoms with Gasteiger partial charge in [0.2, 0.25) is 0 Å². The van der Waals surface area contributed by atoms with Crippen molar-refractivity contribution in [2.24, 2.45) is 0 Å². The zero-order chi connectivity index (χ0) is 16.7. The number of rotatable bonds is 2. The monoisotopic (exact) mass is 339 g/mol. The Morgan fingerprint density at radius 3 is 2.58 bits per heavy atom. The Morgan fingerprint density at radius 2 is 1.83 bits per heavy atom. The van der Waals surface area contributed by atoms with E-state index in [1.54, 1.807) is 0 Å². The van der Waals surface area contributed by atoms with E-state index in [-0.39, 0.29) is 0 Å². The van der Waals surface area contributed by atoms with Gasteiger partial charge in [0.25, 0.3) is 5.72 Å². The highest BCUT2D eigenvalue weighted by molar-refractivity contribution is 8.13. The average molecular weight is 339 g/mol. The van der Waals surface area contributed by atoms with Crippen molar-refractivity contribution in [3.05, 3.63) is 65.2 Å². The van der Waals surface area contributed by atoms with Crippen LogP contribution in [-0.4, -0.2) is 33.7 Å². The molecule has 124 valence electrons. The fourth-order valence-corrected chi connectivity index (χ4v) is 4.79. The second-order valence-corrected chi connectivity index (χ2v) is 7.75. The molecule has 0 unspecified atom stereocenters. The van der Waals surface area contributed by atoms with Crippen LogP contribution in [0.5, 0.6) is 0 Å². The fourth-order valence-electron chi connectivity index (χ4n) is 3.62. The molecule has 0 amide bonds. The van der Waals surface area contributed by atoms with E-state index in [0.29, 0.717) is 6.54 Å². The Kier molecular flexibility index (Phi) is 3.89. The van der Waals surface area contributed by atoms with Gasteiger partial charge in [0, 0.05) is 11.3 Å². The molecule has 2 aromatic carbocycles. The molecule has 2 aliphatic rings. The summed E-state index contributed by atoms with van der Waals surface area (Å²) in [4.78, 5) is 2.29. The summed E-state index contributed by atoms with van der Waals surface area (Å²) in [6, 6.07) is 16.7. The maximum Gasteiger partial charge on any atom is 0.316 e. The second-order valence-electron chi connectivity index (χ2n) is 6.69. The first-order chi connectivity index (χ1) is 11.6. The predicted octanol–water partition coefficient (Wildman–Crippen LogP) is 3.47. The smallest absolute Gasteiger partial charge is 0.316 e. The molecule has 1 atom stereocenters. The molecule has 4 heteroatoms. The molecule has 0 fully saturated rings. The van der Waals surface area contributed by atoms with Gasteiger partial charge in [-0.3, -0.25) is 0 Å². The number of thioether (sulfide) groups is 1. The molecule has 0 bridgehead atoms. The van der Waals surface area contributed by atoms with Crippen LogP contribution in [0.1, 0.15) is 23.1 Å². The quantitative estimate of drug-likeness (QED) is 0.849. The number of hydrogen-bond donors (Lipinski definition) is 1. The molecular formula is C20H23N2OS+. The first-order valence-corrected chi connectivity index (χ1v) is 9.48. The summed E-state index contributed by atoms with van der Waals surface area (Å²) in [7, 11) is 0. The van der Waals surface area contributed by atoms with Gasteiger partial charge < -0.3 is 5.11 Å². The van der Waals surface area contributed by atoms with Gasteiger partial charge in [-0.1, -0.05) is 48.0 Å². The Balaban J connectivity index is 1.82. The number of nitrogens with zero attached hydrogens (tertiary/aromatic N) is 2. The molecule has 3 nitrogen and oxygen atoms in total. The van der Waals surface area contributed by atoms with E-state index in [9.17, 15) is 5.11 Å². The van der Waals surface area contributed by atoms with E-state index in [4.69, 9.17) is 0 Å². The molecule has 2 aliphatic heterocycles. The summed E-state index contributed by atoms with van der Waals surface area (Å²) < 4.78 is 2.19. The summed E-state index contributed by atoms with van der Waals surface area (Å²) in [5.41, 5.74) is 3.66. The minimum Gasteiger partial charge on any atom is -0.346 e. The summed E-state index contributed by atoms with van der Waals surface area (Å²) in [5.74, 6) is 1.11. The summed E-state index contributed by atoms with van der Waals surface area (Å²) in [5, 5.41) is 12.8. The van der Waals surface area contributed by atoms with Gasteiger partial charge in [-0.15, -0.1) is 0 Å². The Hall–Kier alpha value is -1.78. The van der Waals surface area contributed by atoms with Crippen molar-refractivity contribution in [3.63, 3.8) is 0 Å². The first-order valence-electron chi connectivity index (χ1n) is 8.50. The van der Waals surface area contributed by atoms with Gasteiger partial charge in [0.1, 0.15) is 5.69 Å². The van der Waals surface area contributed by atoms with Crippen LogP contribution in [0, 0.1) is 13.8 Å². The number of hydrogen-bond acceptors (Lipinski definition) is 3. The third-order valence-corrected chi connectivity index (χ3v) is 6.16. The number of benzene rings is 2. The van der Waals surface area contributed by atoms with Crippen LogP contribution < -0.4 is 4.90 Å². The normalized spacial score (nSPS) is 23.5. The van der Waals surface area contributed by atoms with Crippen molar-refractivity contribution in [3.8, 4) is 0 Å². The Labute approximate surface area is 147 Å².